The van der Waals surface area contributed by atoms with Crippen LogP contribution in [0.25, 0.3) is 0 Å². The fourth-order valence-electron chi connectivity index (χ4n) is 1.41. The van der Waals surface area contributed by atoms with Crippen LogP contribution in [0.4, 0.5) is 8.78 Å². The molecule has 90 valence electrons. The molecule has 5 heteroatoms. The third kappa shape index (κ3) is 3.50. The van der Waals surface area contributed by atoms with Crippen molar-refractivity contribution in [1.29, 1.82) is 0 Å². The van der Waals surface area contributed by atoms with Crippen LogP contribution >= 0.6 is 31.9 Å². The second-order valence-electron chi connectivity index (χ2n) is 3.85. The van der Waals surface area contributed by atoms with Crippen LogP contribution in [0.15, 0.2) is 15.0 Å². The van der Waals surface area contributed by atoms with Gasteiger partial charge in [0.2, 0.25) is 0 Å². The van der Waals surface area contributed by atoms with Gasteiger partial charge in [-0.25, -0.2) is 8.78 Å². The zero-order valence-corrected chi connectivity index (χ0v) is 12.3. The molecule has 0 saturated carbocycles. The summed E-state index contributed by atoms with van der Waals surface area (Å²) in [6, 6.07) is 1.17. The maximum atomic E-state index is 13.6. The summed E-state index contributed by atoms with van der Waals surface area (Å²) in [5.74, 6) is -0.819. The Morgan fingerprint density at radius 2 is 1.88 bits per heavy atom. The van der Waals surface area contributed by atoms with Gasteiger partial charge in [0.1, 0.15) is 5.82 Å². The molecule has 0 unspecified atom stereocenters. The summed E-state index contributed by atoms with van der Waals surface area (Å²) >= 11 is 6.06. The van der Waals surface area contributed by atoms with Gasteiger partial charge in [-0.1, -0.05) is 0 Å². The third-order valence-corrected chi connectivity index (χ3v) is 3.64. The average Bonchev–Trinajstić information content (AvgIpc) is 2.19. The zero-order valence-electron chi connectivity index (χ0n) is 9.16. The molecule has 16 heavy (non-hydrogen) atoms. The van der Waals surface area contributed by atoms with E-state index in [0.29, 0.717) is 12.0 Å². The second kappa shape index (κ2) is 6.07. The molecule has 0 fully saturated rings. The van der Waals surface area contributed by atoms with Crippen LogP contribution in [-0.2, 0) is 6.42 Å². The molecule has 0 radical (unpaired) electrons. The topological polar surface area (TPSA) is 3.24 Å². The summed E-state index contributed by atoms with van der Waals surface area (Å²) in [6.45, 7) is 0.851. The van der Waals surface area contributed by atoms with Crippen molar-refractivity contribution >= 4 is 31.9 Å². The number of benzene rings is 1. The van der Waals surface area contributed by atoms with Crippen molar-refractivity contribution in [2.24, 2.45) is 0 Å². The van der Waals surface area contributed by atoms with Gasteiger partial charge in [-0.3, -0.25) is 0 Å². The second-order valence-corrected chi connectivity index (χ2v) is 5.50. The number of halogens is 4. The first kappa shape index (κ1) is 14.1. The number of hydrogen-bond donors (Lipinski definition) is 0. The van der Waals surface area contributed by atoms with E-state index in [1.54, 1.807) is 0 Å². The van der Waals surface area contributed by atoms with Crippen LogP contribution in [0.2, 0.25) is 0 Å². The Bertz CT molecular complexity index is 381. The molecule has 0 N–H and O–H groups in total. The summed E-state index contributed by atoms with van der Waals surface area (Å²) in [4.78, 5) is 2.01. The van der Waals surface area contributed by atoms with Crippen LogP contribution in [0.1, 0.15) is 12.0 Å². The lowest BCUT2D eigenvalue weighted by atomic mass is 10.1. The van der Waals surface area contributed by atoms with Crippen molar-refractivity contribution < 1.29 is 8.78 Å². The van der Waals surface area contributed by atoms with Crippen LogP contribution in [0, 0.1) is 11.6 Å². The monoisotopic (exact) mass is 355 g/mol. The molecule has 0 aliphatic rings. The minimum absolute atomic E-state index is 0.147. The molecule has 0 spiro atoms. The van der Waals surface area contributed by atoms with Crippen LogP contribution in [0.5, 0.6) is 0 Å². The zero-order chi connectivity index (χ0) is 12.3. The summed E-state index contributed by atoms with van der Waals surface area (Å²) in [7, 11) is 3.90. The molecule has 0 heterocycles. The number of nitrogens with zero attached hydrogens (tertiary/aromatic N) is 1. The molecule has 0 amide bonds. The highest BCUT2D eigenvalue weighted by atomic mass is 79.9. The summed E-state index contributed by atoms with van der Waals surface area (Å²) in [5.41, 5.74) is 0.405. The minimum atomic E-state index is -0.443. The summed E-state index contributed by atoms with van der Waals surface area (Å²) in [6.07, 6.45) is 1.32. The van der Waals surface area contributed by atoms with E-state index < -0.39 is 5.82 Å². The molecule has 1 aromatic carbocycles. The van der Waals surface area contributed by atoms with Gasteiger partial charge in [-0.2, -0.15) is 0 Å². The Morgan fingerprint density at radius 1 is 1.25 bits per heavy atom. The van der Waals surface area contributed by atoms with Crippen LogP contribution in [0.3, 0.4) is 0 Å². The Hall–Kier alpha value is -0.0000000000000000555. The summed E-state index contributed by atoms with van der Waals surface area (Å²) < 4.78 is 27.4. The summed E-state index contributed by atoms with van der Waals surface area (Å²) in [5, 5.41) is 0. The molecule has 0 atom stereocenters. The van der Waals surface area contributed by atoms with E-state index in [0.717, 1.165) is 13.0 Å². The fourth-order valence-corrected chi connectivity index (χ4v) is 2.67. The van der Waals surface area contributed by atoms with Crippen molar-refractivity contribution in [3.05, 3.63) is 32.2 Å². The Balaban J connectivity index is 2.84. The van der Waals surface area contributed by atoms with Crippen molar-refractivity contribution in [3.8, 4) is 0 Å². The third-order valence-electron chi connectivity index (χ3n) is 2.24. The number of rotatable bonds is 4. The smallest absolute Gasteiger partial charge is 0.152 e. The van der Waals surface area contributed by atoms with E-state index in [4.69, 9.17) is 0 Å². The van der Waals surface area contributed by atoms with E-state index in [1.165, 1.54) is 6.07 Å². The van der Waals surface area contributed by atoms with Crippen LogP contribution in [-0.4, -0.2) is 25.5 Å². The highest BCUT2D eigenvalue weighted by Crippen LogP contribution is 2.30. The van der Waals surface area contributed by atoms with Crippen molar-refractivity contribution in [2.75, 3.05) is 20.6 Å². The van der Waals surface area contributed by atoms with Gasteiger partial charge in [0, 0.05) is 5.56 Å². The average molecular weight is 357 g/mol. The van der Waals surface area contributed by atoms with E-state index in [2.05, 4.69) is 31.9 Å². The minimum Gasteiger partial charge on any atom is -0.309 e. The van der Waals surface area contributed by atoms with Crippen LogP contribution < -0.4 is 0 Å². The molecule has 0 aromatic heterocycles. The largest absolute Gasteiger partial charge is 0.309 e. The van der Waals surface area contributed by atoms with Crippen molar-refractivity contribution in [1.82, 2.24) is 4.90 Å². The molecule has 0 bridgehead atoms. The fraction of sp³-hybridized carbons (Fsp3) is 0.455. The number of hydrogen-bond acceptors (Lipinski definition) is 1. The normalized spacial score (nSPS) is 11.2. The first-order valence-electron chi connectivity index (χ1n) is 4.90. The highest BCUT2D eigenvalue weighted by Gasteiger charge is 2.14. The van der Waals surface area contributed by atoms with Gasteiger partial charge < -0.3 is 4.90 Å². The Labute approximate surface area is 111 Å². The predicted molar refractivity (Wildman–Crippen MR) is 68.6 cm³/mol. The first-order chi connectivity index (χ1) is 7.43. The van der Waals surface area contributed by atoms with Gasteiger partial charge in [0.25, 0.3) is 0 Å². The molecular weight excluding hydrogens is 344 g/mol. The van der Waals surface area contributed by atoms with Gasteiger partial charge in [0.15, 0.2) is 5.82 Å². The van der Waals surface area contributed by atoms with Gasteiger partial charge in [0.05, 0.1) is 8.95 Å². The lowest BCUT2D eigenvalue weighted by molar-refractivity contribution is 0.398. The van der Waals surface area contributed by atoms with E-state index in [-0.39, 0.29) is 14.8 Å². The first-order valence-corrected chi connectivity index (χ1v) is 6.48. The molecular formula is C11H13Br2F2N. The Morgan fingerprint density at radius 3 is 2.44 bits per heavy atom. The highest BCUT2D eigenvalue weighted by molar-refractivity contribution is 9.11. The van der Waals surface area contributed by atoms with E-state index >= 15 is 0 Å². The molecule has 0 aliphatic heterocycles. The Kier molecular flexibility index (Phi) is 5.34. The van der Waals surface area contributed by atoms with Gasteiger partial charge in [-0.05, 0) is 71.4 Å². The molecule has 0 aliphatic carbocycles. The molecule has 1 aromatic rings. The quantitative estimate of drug-likeness (QED) is 0.582. The maximum absolute atomic E-state index is 13.6. The van der Waals surface area contributed by atoms with E-state index in [9.17, 15) is 8.78 Å². The lowest BCUT2D eigenvalue weighted by Crippen LogP contribution is -2.14. The lowest BCUT2D eigenvalue weighted by Gasteiger charge is -2.11. The van der Waals surface area contributed by atoms with Gasteiger partial charge >= 0.3 is 0 Å². The molecule has 0 saturated heterocycles. The maximum Gasteiger partial charge on any atom is 0.152 e. The molecule has 1 nitrogen and oxygen atoms in total. The van der Waals surface area contributed by atoms with Gasteiger partial charge in [-0.15, -0.1) is 0 Å². The standard InChI is InChI=1S/C11H13Br2F2N/c1-16(2)5-3-4-7-9(14)6-8(12)11(15)10(7)13/h6H,3-5H2,1-2H3. The SMILES string of the molecule is CN(C)CCCc1c(F)cc(Br)c(F)c1Br. The predicted octanol–water partition coefficient (Wildman–Crippen LogP) is 3.98. The van der Waals surface area contributed by atoms with Crippen molar-refractivity contribution in [2.45, 2.75) is 12.8 Å². The van der Waals surface area contributed by atoms with E-state index in [1.807, 2.05) is 19.0 Å². The van der Waals surface area contributed by atoms with Crippen molar-refractivity contribution in [3.63, 3.8) is 0 Å². The molecule has 1 rings (SSSR count).